The van der Waals surface area contributed by atoms with Gasteiger partial charge in [0.2, 0.25) is 0 Å². The minimum atomic E-state index is -1.05. The van der Waals surface area contributed by atoms with Crippen LogP contribution in [-0.2, 0) is 17.6 Å². The van der Waals surface area contributed by atoms with E-state index in [4.69, 9.17) is 0 Å². The molecule has 0 atom stereocenters. The third-order valence-corrected chi connectivity index (χ3v) is 4.60. The molecule has 2 aromatic rings. The Morgan fingerprint density at radius 1 is 0.880 bits per heavy atom. The topological polar surface area (TPSA) is 81.0 Å². The number of aromatic hydroxyl groups is 2. The molecule has 0 amide bonds. The van der Waals surface area contributed by atoms with Gasteiger partial charge in [-0.15, -0.1) is 0 Å². The summed E-state index contributed by atoms with van der Waals surface area (Å²) in [4.78, 5) is 13.5. The van der Waals surface area contributed by atoms with Gasteiger partial charge >= 0.3 is 5.97 Å². The van der Waals surface area contributed by atoms with Crippen molar-refractivity contribution < 1.29 is 20.1 Å². The lowest BCUT2D eigenvalue weighted by molar-refractivity contribution is -0.149. The summed E-state index contributed by atoms with van der Waals surface area (Å²) in [5, 5.41) is 29.4. The highest BCUT2D eigenvalue weighted by Crippen LogP contribution is 2.22. The van der Waals surface area contributed by atoms with Gasteiger partial charge in [-0.3, -0.25) is 9.69 Å². The van der Waals surface area contributed by atoms with Crippen LogP contribution >= 0.6 is 0 Å². The van der Waals surface area contributed by atoms with Crippen LogP contribution in [0.5, 0.6) is 11.5 Å². The molecule has 0 unspecified atom stereocenters. The van der Waals surface area contributed by atoms with E-state index in [1.807, 2.05) is 29.2 Å². The molecule has 0 bridgehead atoms. The lowest BCUT2D eigenvalue weighted by Crippen LogP contribution is -2.51. The number of carboxylic acid groups (broad SMARTS) is 1. The van der Waals surface area contributed by atoms with Gasteiger partial charge < -0.3 is 15.3 Å². The van der Waals surface area contributed by atoms with Crippen LogP contribution in [0.15, 0.2) is 48.5 Å². The number of aliphatic carboxylic acids is 1. The summed E-state index contributed by atoms with van der Waals surface area (Å²) in [6.45, 7) is 4.32. The predicted molar refractivity (Wildman–Crippen MR) is 96.9 cm³/mol. The number of carboxylic acids is 1. The van der Waals surface area contributed by atoms with E-state index in [9.17, 15) is 20.1 Å². The number of carbonyl (C=O) groups is 1. The molecular formula is C20H25NO4. The Morgan fingerprint density at radius 2 is 1.28 bits per heavy atom. The van der Waals surface area contributed by atoms with E-state index in [0.717, 1.165) is 11.1 Å². The first-order valence-electron chi connectivity index (χ1n) is 8.34. The number of hydrogen-bond donors (Lipinski definition) is 3. The molecule has 25 heavy (non-hydrogen) atoms. The molecule has 3 N–H and O–H groups in total. The van der Waals surface area contributed by atoms with E-state index >= 15 is 0 Å². The molecule has 2 aromatic carbocycles. The minimum absolute atomic E-state index is 0.219. The maximum Gasteiger partial charge on any atom is 0.323 e. The molecule has 134 valence electrons. The smallest absolute Gasteiger partial charge is 0.323 e. The van der Waals surface area contributed by atoms with E-state index in [1.54, 1.807) is 38.1 Å². The Balaban J connectivity index is 2.12. The summed E-state index contributed by atoms with van der Waals surface area (Å²) in [6, 6.07) is 14.2. The van der Waals surface area contributed by atoms with Crippen molar-refractivity contribution in [1.82, 2.24) is 4.90 Å². The number of para-hydroxylation sites is 2. The molecule has 0 radical (unpaired) electrons. The van der Waals surface area contributed by atoms with Gasteiger partial charge in [-0.25, -0.2) is 0 Å². The van der Waals surface area contributed by atoms with Crippen molar-refractivity contribution in [3.8, 4) is 11.5 Å². The SMILES string of the molecule is CC(C)(C(=O)O)N(CCc1ccccc1O)CCc1ccccc1O. The van der Waals surface area contributed by atoms with Gasteiger partial charge in [0.05, 0.1) is 0 Å². The van der Waals surface area contributed by atoms with Gasteiger partial charge in [0.1, 0.15) is 17.0 Å². The number of phenols is 2. The van der Waals surface area contributed by atoms with Crippen molar-refractivity contribution >= 4 is 5.97 Å². The molecule has 0 fully saturated rings. The molecular weight excluding hydrogens is 318 g/mol. The van der Waals surface area contributed by atoms with Gasteiger partial charge in [-0.2, -0.15) is 0 Å². The van der Waals surface area contributed by atoms with Crippen LogP contribution in [-0.4, -0.2) is 44.8 Å². The molecule has 0 aliphatic heterocycles. The first-order valence-corrected chi connectivity index (χ1v) is 8.34. The molecule has 0 heterocycles. The number of nitrogens with zero attached hydrogens (tertiary/aromatic N) is 1. The first kappa shape index (κ1) is 18.8. The first-order chi connectivity index (χ1) is 11.8. The summed E-state index contributed by atoms with van der Waals surface area (Å²) >= 11 is 0. The zero-order chi connectivity index (χ0) is 18.4. The standard InChI is InChI=1S/C20H25NO4/c1-20(2,19(24)25)21(13-11-15-7-3-5-9-17(15)22)14-12-16-8-4-6-10-18(16)23/h3-10,22-23H,11-14H2,1-2H3,(H,24,25). The monoisotopic (exact) mass is 343 g/mol. The number of hydrogen-bond acceptors (Lipinski definition) is 4. The van der Waals surface area contributed by atoms with E-state index in [1.165, 1.54) is 0 Å². The van der Waals surface area contributed by atoms with E-state index in [2.05, 4.69) is 0 Å². The highest BCUT2D eigenvalue weighted by Gasteiger charge is 2.34. The highest BCUT2D eigenvalue weighted by atomic mass is 16.4. The molecule has 0 aliphatic carbocycles. The Hall–Kier alpha value is -2.53. The molecule has 0 aliphatic rings. The third-order valence-electron chi connectivity index (χ3n) is 4.60. The van der Waals surface area contributed by atoms with Crippen LogP contribution in [0.4, 0.5) is 0 Å². The number of rotatable bonds is 8. The Bertz CT molecular complexity index is 678. The average Bonchev–Trinajstić information content (AvgIpc) is 2.57. The molecule has 5 heteroatoms. The molecule has 0 spiro atoms. The summed E-state index contributed by atoms with van der Waals surface area (Å²) in [5.41, 5.74) is 0.530. The Morgan fingerprint density at radius 3 is 1.64 bits per heavy atom. The van der Waals surface area contributed by atoms with Crippen molar-refractivity contribution in [2.75, 3.05) is 13.1 Å². The summed E-state index contributed by atoms with van der Waals surface area (Å²) in [7, 11) is 0. The van der Waals surface area contributed by atoms with Gasteiger partial charge in [0, 0.05) is 13.1 Å². The highest BCUT2D eigenvalue weighted by molar-refractivity contribution is 5.77. The second kappa shape index (κ2) is 8.03. The normalized spacial score (nSPS) is 11.6. The second-order valence-electron chi connectivity index (χ2n) is 6.61. The van der Waals surface area contributed by atoms with Gasteiger partial charge in [0.25, 0.3) is 0 Å². The molecule has 5 nitrogen and oxygen atoms in total. The van der Waals surface area contributed by atoms with Gasteiger partial charge in [0.15, 0.2) is 0 Å². The van der Waals surface area contributed by atoms with Crippen LogP contribution in [0, 0.1) is 0 Å². The third kappa shape index (κ3) is 4.73. The van der Waals surface area contributed by atoms with Crippen LogP contribution < -0.4 is 0 Å². The fourth-order valence-electron chi connectivity index (χ4n) is 2.76. The minimum Gasteiger partial charge on any atom is -0.508 e. The number of phenolic OH excluding ortho intramolecular Hbond substituents is 2. The van der Waals surface area contributed by atoms with Crippen molar-refractivity contribution in [1.29, 1.82) is 0 Å². The Kier molecular flexibility index (Phi) is 6.04. The lowest BCUT2D eigenvalue weighted by atomic mass is 10.00. The van der Waals surface area contributed by atoms with Crippen molar-refractivity contribution in [2.24, 2.45) is 0 Å². The molecule has 0 aromatic heterocycles. The lowest BCUT2D eigenvalue weighted by Gasteiger charge is -2.35. The second-order valence-corrected chi connectivity index (χ2v) is 6.61. The zero-order valence-electron chi connectivity index (χ0n) is 14.6. The van der Waals surface area contributed by atoms with E-state index in [0.29, 0.717) is 25.9 Å². The van der Waals surface area contributed by atoms with Crippen LogP contribution in [0.2, 0.25) is 0 Å². The fraction of sp³-hybridized carbons (Fsp3) is 0.350. The van der Waals surface area contributed by atoms with E-state index < -0.39 is 11.5 Å². The van der Waals surface area contributed by atoms with E-state index in [-0.39, 0.29) is 11.5 Å². The van der Waals surface area contributed by atoms with Crippen molar-refractivity contribution in [3.05, 3.63) is 59.7 Å². The quantitative estimate of drug-likeness (QED) is 0.686. The Labute approximate surface area is 148 Å². The van der Waals surface area contributed by atoms with Crippen LogP contribution in [0.3, 0.4) is 0 Å². The molecule has 0 saturated carbocycles. The summed E-state index contributed by atoms with van der Waals surface area (Å²) < 4.78 is 0. The predicted octanol–water partition coefficient (Wildman–Crippen LogP) is 3.05. The average molecular weight is 343 g/mol. The van der Waals surface area contributed by atoms with Gasteiger partial charge in [-0.1, -0.05) is 36.4 Å². The van der Waals surface area contributed by atoms with Crippen molar-refractivity contribution in [2.45, 2.75) is 32.2 Å². The largest absolute Gasteiger partial charge is 0.508 e. The van der Waals surface area contributed by atoms with Crippen molar-refractivity contribution in [3.63, 3.8) is 0 Å². The zero-order valence-corrected chi connectivity index (χ0v) is 14.6. The maximum atomic E-state index is 11.7. The van der Waals surface area contributed by atoms with Gasteiger partial charge in [-0.05, 0) is 49.9 Å². The summed E-state index contributed by atoms with van der Waals surface area (Å²) in [6.07, 6.45) is 1.09. The van der Waals surface area contributed by atoms with Crippen LogP contribution in [0.1, 0.15) is 25.0 Å². The number of benzene rings is 2. The summed E-state index contributed by atoms with van der Waals surface area (Å²) in [5.74, 6) is -0.463. The molecule has 2 rings (SSSR count). The molecule has 0 saturated heterocycles. The maximum absolute atomic E-state index is 11.7. The van der Waals surface area contributed by atoms with Crippen LogP contribution in [0.25, 0.3) is 0 Å². The fourth-order valence-corrected chi connectivity index (χ4v) is 2.76.